The molecule has 0 radical (unpaired) electrons. The Morgan fingerprint density at radius 3 is 1.19 bits per heavy atom. The van der Waals surface area contributed by atoms with Gasteiger partial charge in [0.15, 0.2) is 0 Å². The summed E-state index contributed by atoms with van der Waals surface area (Å²) in [7, 11) is 0. The highest BCUT2D eigenvalue weighted by Gasteiger charge is 2.46. The van der Waals surface area contributed by atoms with Gasteiger partial charge in [0.05, 0.1) is 26.1 Å². The molecule has 0 aliphatic carbocycles. The van der Waals surface area contributed by atoms with Gasteiger partial charge in [0.1, 0.15) is 60.3 Å². The minimum atomic E-state index is -1.65. The van der Waals surface area contributed by atoms with Gasteiger partial charge in [-0.3, -0.25) is 9.59 Å². The van der Waals surface area contributed by atoms with Crippen LogP contribution in [0.4, 0.5) is 0 Å². The Hall–Kier alpha value is -5.76. The summed E-state index contributed by atoms with van der Waals surface area (Å²) in [5.41, 5.74) is 7.03. The molecule has 10 N–H and O–H groups in total. The Morgan fingerprint density at radius 2 is 0.828 bits per heavy atom. The maximum absolute atomic E-state index is 11.5. The average Bonchev–Trinajstić information content (AvgIpc) is 3.28. The smallest absolute Gasteiger partial charge is 0.307 e. The molecule has 0 bridgehead atoms. The number of carbonyl (C=O) groups is 2. The summed E-state index contributed by atoms with van der Waals surface area (Å²) in [6, 6.07) is 32.5. The molecule has 0 aromatic heterocycles. The fraction of sp³-hybridized carbons (Fsp3) is 0.333. The average molecular weight is 883 g/mol. The Morgan fingerprint density at radius 1 is 0.453 bits per heavy atom. The molecule has 2 saturated heterocycles. The van der Waals surface area contributed by atoms with Gasteiger partial charge in [-0.1, -0.05) is 84.9 Å². The van der Waals surface area contributed by atoms with Crippen molar-refractivity contribution in [2.24, 2.45) is 0 Å². The number of hydrogen-bond acceptors (Lipinski definition) is 14. The van der Waals surface area contributed by atoms with Crippen LogP contribution in [0, 0.1) is 0 Å². The first kappa shape index (κ1) is 46.2. The van der Waals surface area contributed by atoms with Crippen molar-refractivity contribution in [3.63, 3.8) is 0 Å². The Bertz CT molecular complexity index is 2230. The summed E-state index contributed by atoms with van der Waals surface area (Å²) in [5.74, 6) is -1.52. The molecular weight excluding hydrogens is 833 g/mol. The van der Waals surface area contributed by atoms with Gasteiger partial charge in [-0.2, -0.15) is 0 Å². The van der Waals surface area contributed by atoms with Crippen molar-refractivity contribution >= 4 is 11.9 Å². The van der Waals surface area contributed by atoms with Crippen LogP contribution in [0.2, 0.25) is 0 Å². The highest BCUT2D eigenvalue weighted by atomic mass is 16.7. The predicted octanol–water partition coefficient (Wildman–Crippen LogP) is 1.81. The quantitative estimate of drug-likeness (QED) is 0.0677. The molecule has 2 fully saturated rings. The van der Waals surface area contributed by atoms with Crippen molar-refractivity contribution in [3.05, 3.63) is 143 Å². The largest absolute Gasteiger partial charge is 0.481 e. The number of hydrogen-bond donors (Lipinski definition) is 10. The summed E-state index contributed by atoms with van der Waals surface area (Å²) in [4.78, 5) is 23.1. The van der Waals surface area contributed by atoms with Gasteiger partial charge in [-0.25, -0.2) is 0 Å². The molecule has 0 amide bonds. The molecular formula is C48H50O16. The molecule has 64 heavy (non-hydrogen) atoms. The predicted molar refractivity (Wildman–Crippen MR) is 227 cm³/mol. The van der Waals surface area contributed by atoms with Crippen LogP contribution >= 0.6 is 0 Å². The van der Waals surface area contributed by atoms with E-state index in [2.05, 4.69) is 0 Å². The number of aliphatic carboxylic acids is 2. The van der Waals surface area contributed by atoms with E-state index in [1.165, 1.54) is 0 Å². The van der Waals surface area contributed by atoms with Crippen LogP contribution in [-0.2, 0) is 44.7 Å². The first-order chi connectivity index (χ1) is 30.7. The molecule has 10 unspecified atom stereocenters. The zero-order valence-electron chi connectivity index (χ0n) is 34.3. The van der Waals surface area contributed by atoms with Crippen molar-refractivity contribution in [1.29, 1.82) is 0 Å². The standard InChI is InChI=1S/C48H50O16/c49-23-37-41(55)43(57)45(59)47(63-37)61-35-13-11-29(19-33(35)31-5-1-3-27(17-31)21-39(51)52)15-25-7-9-26(10-8-25)16-30-12-14-36(62-48-46(60)44(58)42(56)38(24-50)64-48)34(20-30)32-6-2-4-28(18-32)22-40(53)54/h1-14,17-20,37-38,41-50,55-60H,15-16,21-24H2,(H,51,52)(H,53,54). The summed E-state index contributed by atoms with van der Waals surface area (Å²) in [6.07, 6.45) is -14.5. The van der Waals surface area contributed by atoms with Crippen LogP contribution in [0.1, 0.15) is 33.4 Å². The number of rotatable bonds is 16. The van der Waals surface area contributed by atoms with Crippen molar-refractivity contribution in [3.8, 4) is 33.8 Å². The van der Waals surface area contributed by atoms with E-state index < -0.39 is 86.6 Å². The van der Waals surface area contributed by atoms with Gasteiger partial charge in [-0.15, -0.1) is 0 Å². The van der Waals surface area contributed by atoms with Crippen LogP contribution in [0.3, 0.4) is 0 Å². The van der Waals surface area contributed by atoms with Crippen molar-refractivity contribution in [2.45, 2.75) is 87.1 Å². The molecule has 2 heterocycles. The van der Waals surface area contributed by atoms with Gasteiger partial charge < -0.3 is 70.0 Å². The number of carboxylic acid groups (broad SMARTS) is 2. The zero-order valence-corrected chi connectivity index (χ0v) is 34.3. The van der Waals surface area contributed by atoms with Gasteiger partial charge in [0.2, 0.25) is 12.6 Å². The highest BCUT2D eigenvalue weighted by molar-refractivity contribution is 5.76. The number of aliphatic hydroxyl groups excluding tert-OH is 8. The van der Waals surface area contributed by atoms with Gasteiger partial charge in [0.25, 0.3) is 0 Å². The summed E-state index contributed by atoms with van der Waals surface area (Å²) in [6.45, 7) is -1.26. The van der Waals surface area contributed by atoms with Crippen molar-refractivity contribution < 1.29 is 79.6 Å². The molecule has 16 heteroatoms. The van der Waals surface area contributed by atoms with Crippen LogP contribution in [0.15, 0.2) is 109 Å². The topological polar surface area (TPSA) is 273 Å². The lowest BCUT2D eigenvalue weighted by Gasteiger charge is -2.39. The van der Waals surface area contributed by atoms with E-state index in [4.69, 9.17) is 18.9 Å². The third kappa shape index (κ3) is 10.8. The summed E-state index contributed by atoms with van der Waals surface area (Å²) in [5, 5.41) is 101. The zero-order chi connectivity index (χ0) is 45.7. The lowest BCUT2D eigenvalue weighted by molar-refractivity contribution is -0.277. The summed E-state index contributed by atoms with van der Waals surface area (Å²) < 4.78 is 23.4. The van der Waals surface area contributed by atoms with E-state index in [1.54, 1.807) is 60.7 Å². The number of carboxylic acids is 2. The Labute approximate surface area is 367 Å². The van der Waals surface area contributed by atoms with E-state index >= 15 is 0 Å². The number of aliphatic hydroxyl groups is 8. The van der Waals surface area contributed by atoms with Crippen LogP contribution < -0.4 is 9.47 Å². The highest BCUT2D eigenvalue weighted by Crippen LogP contribution is 2.37. The fourth-order valence-electron chi connectivity index (χ4n) is 7.90. The molecule has 5 aromatic rings. The van der Waals surface area contributed by atoms with Gasteiger partial charge in [-0.05, 0) is 81.6 Å². The molecule has 5 aromatic carbocycles. The first-order valence-corrected chi connectivity index (χ1v) is 20.6. The van der Waals surface area contributed by atoms with Gasteiger partial charge in [0, 0.05) is 11.1 Å². The number of benzene rings is 5. The minimum Gasteiger partial charge on any atom is -0.481 e. The van der Waals surface area contributed by atoms with Crippen LogP contribution in [0.25, 0.3) is 22.3 Å². The Kier molecular flexibility index (Phi) is 14.7. The second-order valence-corrected chi connectivity index (χ2v) is 16.0. The fourth-order valence-corrected chi connectivity index (χ4v) is 7.90. The molecule has 10 atom stereocenters. The second kappa shape index (κ2) is 20.4. The maximum atomic E-state index is 11.5. The summed E-state index contributed by atoms with van der Waals surface area (Å²) >= 11 is 0. The van der Waals surface area contributed by atoms with E-state index in [0.717, 1.165) is 22.3 Å². The van der Waals surface area contributed by atoms with E-state index in [-0.39, 0.29) is 24.3 Å². The first-order valence-electron chi connectivity index (χ1n) is 20.6. The van der Waals surface area contributed by atoms with Gasteiger partial charge >= 0.3 is 11.9 Å². The van der Waals surface area contributed by atoms with Crippen LogP contribution in [-0.4, -0.2) is 138 Å². The molecule has 0 saturated carbocycles. The number of ether oxygens (including phenoxy) is 4. The molecule has 338 valence electrons. The third-order valence-electron chi connectivity index (χ3n) is 11.3. The normalized spacial score (nSPS) is 25.7. The molecule has 2 aliphatic heterocycles. The van der Waals surface area contributed by atoms with Crippen LogP contribution in [0.5, 0.6) is 11.5 Å². The van der Waals surface area contributed by atoms with E-state index in [9.17, 15) is 60.7 Å². The van der Waals surface area contributed by atoms with E-state index in [1.807, 2.05) is 48.5 Å². The molecule has 16 nitrogen and oxygen atoms in total. The third-order valence-corrected chi connectivity index (χ3v) is 11.3. The lowest BCUT2D eigenvalue weighted by Crippen LogP contribution is -2.60. The van der Waals surface area contributed by atoms with Crippen molar-refractivity contribution in [2.75, 3.05) is 13.2 Å². The van der Waals surface area contributed by atoms with E-state index in [0.29, 0.717) is 46.2 Å². The SMILES string of the molecule is O=C(O)Cc1cccc(-c2cc(Cc3ccc(Cc4ccc(OC5OC(CO)C(O)C(O)C5O)c(-c5cccc(CC(=O)O)c5)c4)cc3)ccc2OC2OC(CO)C(O)C(O)C2O)c1. The van der Waals surface area contributed by atoms with Crippen molar-refractivity contribution in [1.82, 2.24) is 0 Å². The molecule has 0 spiro atoms. The Balaban J connectivity index is 1.13. The second-order valence-electron chi connectivity index (χ2n) is 16.0. The molecule has 7 rings (SSSR count). The maximum Gasteiger partial charge on any atom is 0.307 e. The molecule has 2 aliphatic rings. The monoisotopic (exact) mass is 882 g/mol. The lowest BCUT2D eigenvalue weighted by atomic mass is 9.94. The minimum absolute atomic E-state index is 0.218.